The molecule has 1 saturated carbocycles. The molecule has 2 aromatic carbocycles. The van der Waals surface area contributed by atoms with E-state index in [1.54, 1.807) is 25.1 Å². The highest BCUT2D eigenvalue weighted by Gasteiger charge is 2.24. The molecule has 0 aromatic heterocycles. The van der Waals surface area contributed by atoms with E-state index >= 15 is 0 Å². The van der Waals surface area contributed by atoms with Gasteiger partial charge in [-0.25, -0.2) is 17.5 Å². The van der Waals surface area contributed by atoms with Crippen LogP contribution in [0.2, 0.25) is 5.02 Å². The highest BCUT2D eigenvalue weighted by molar-refractivity contribution is 7.89. The average Bonchev–Trinajstić information content (AvgIpc) is 2.66. The highest BCUT2D eigenvalue weighted by Crippen LogP contribution is 2.25. The lowest BCUT2D eigenvalue weighted by Crippen LogP contribution is -2.36. The van der Waals surface area contributed by atoms with Gasteiger partial charge in [-0.1, -0.05) is 36.9 Å². The Labute approximate surface area is 169 Å². The summed E-state index contributed by atoms with van der Waals surface area (Å²) < 4.78 is 42.2. The van der Waals surface area contributed by atoms with E-state index in [1.807, 2.05) is 0 Å². The van der Waals surface area contributed by atoms with Gasteiger partial charge in [-0.15, -0.1) is 0 Å². The minimum atomic E-state index is -3.84. The van der Waals surface area contributed by atoms with Gasteiger partial charge in [-0.05, 0) is 55.7 Å². The van der Waals surface area contributed by atoms with Crippen molar-refractivity contribution in [3.8, 4) is 0 Å². The van der Waals surface area contributed by atoms with Crippen LogP contribution in [0.25, 0.3) is 0 Å². The van der Waals surface area contributed by atoms with Crippen molar-refractivity contribution < 1.29 is 17.6 Å². The molecule has 1 amide bonds. The number of hydrogen-bond donors (Lipinski definition) is 2. The molecule has 0 heterocycles. The molecule has 0 radical (unpaired) electrons. The molecule has 150 valence electrons. The van der Waals surface area contributed by atoms with Gasteiger partial charge in [-0.2, -0.15) is 0 Å². The second-order valence-corrected chi connectivity index (χ2v) is 9.09. The van der Waals surface area contributed by atoms with Crippen LogP contribution in [0.15, 0.2) is 41.3 Å². The largest absolute Gasteiger partial charge is 0.322 e. The third-order valence-electron chi connectivity index (χ3n) is 4.94. The Bertz CT molecular complexity index is 989. The Morgan fingerprint density at radius 3 is 2.57 bits per heavy atom. The molecule has 8 heteroatoms. The Balaban J connectivity index is 1.84. The van der Waals surface area contributed by atoms with Crippen LogP contribution in [-0.2, 0) is 10.0 Å². The number of hydrogen-bond acceptors (Lipinski definition) is 3. The molecule has 0 aliphatic heterocycles. The average molecular weight is 425 g/mol. The van der Waals surface area contributed by atoms with Gasteiger partial charge in [0.1, 0.15) is 5.82 Å². The SMILES string of the molecule is Cc1c(Cl)cccc1NC(=O)c1cc(S(=O)(=O)NC2CCCCC2)ccc1F. The van der Waals surface area contributed by atoms with E-state index in [4.69, 9.17) is 11.6 Å². The summed E-state index contributed by atoms with van der Waals surface area (Å²) in [5, 5.41) is 3.05. The molecule has 1 fully saturated rings. The molecule has 0 saturated heterocycles. The van der Waals surface area contributed by atoms with Crippen LogP contribution in [0.1, 0.15) is 48.0 Å². The number of anilines is 1. The van der Waals surface area contributed by atoms with E-state index in [-0.39, 0.29) is 16.5 Å². The number of nitrogens with one attached hydrogen (secondary N) is 2. The molecular formula is C20H22ClFN2O3S. The van der Waals surface area contributed by atoms with Crippen LogP contribution in [0, 0.1) is 12.7 Å². The topological polar surface area (TPSA) is 75.3 Å². The molecule has 0 bridgehead atoms. The van der Waals surface area contributed by atoms with Crippen LogP contribution >= 0.6 is 11.6 Å². The lowest BCUT2D eigenvalue weighted by Gasteiger charge is -2.22. The molecule has 2 aromatic rings. The van der Waals surface area contributed by atoms with Gasteiger partial charge in [0.25, 0.3) is 5.91 Å². The third kappa shape index (κ3) is 4.71. The Kier molecular flexibility index (Phi) is 6.37. The molecule has 2 N–H and O–H groups in total. The van der Waals surface area contributed by atoms with Crippen LogP contribution in [-0.4, -0.2) is 20.4 Å². The lowest BCUT2D eigenvalue weighted by molar-refractivity contribution is 0.102. The zero-order valence-corrected chi connectivity index (χ0v) is 17.0. The van der Waals surface area contributed by atoms with Crippen molar-refractivity contribution in [2.24, 2.45) is 0 Å². The summed E-state index contributed by atoms with van der Waals surface area (Å²) >= 11 is 6.04. The first-order valence-corrected chi connectivity index (χ1v) is 11.0. The molecule has 0 spiro atoms. The fraction of sp³-hybridized carbons (Fsp3) is 0.350. The van der Waals surface area contributed by atoms with Gasteiger partial charge >= 0.3 is 0 Å². The third-order valence-corrected chi connectivity index (χ3v) is 6.86. The second kappa shape index (κ2) is 8.59. The maximum Gasteiger partial charge on any atom is 0.258 e. The number of carbonyl (C=O) groups is 1. The van der Waals surface area contributed by atoms with E-state index in [0.717, 1.165) is 44.2 Å². The van der Waals surface area contributed by atoms with Gasteiger partial charge in [0, 0.05) is 16.8 Å². The smallest absolute Gasteiger partial charge is 0.258 e. The molecule has 1 aliphatic rings. The van der Waals surface area contributed by atoms with Crippen molar-refractivity contribution in [1.82, 2.24) is 4.72 Å². The van der Waals surface area contributed by atoms with Gasteiger partial charge in [0.05, 0.1) is 10.5 Å². The summed E-state index contributed by atoms with van der Waals surface area (Å²) in [6.45, 7) is 1.73. The quantitative estimate of drug-likeness (QED) is 0.733. The van der Waals surface area contributed by atoms with Crippen molar-refractivity contribution in [2.75, 3.05) is 5.32 Å². The molecule has 0 unspecified atom stereocenters. The number of carbonyl (C=O) groups excluding carboxylic acids is 1. The Morgan fingerprint density at radius 2 is 1.86 bits per heavy atom. The zero-order valence-electron chi connectivity index (χ0n) is 15.5. The zero-order chi connectivity index (χ0) is 20.3. The first-order valence-electron chi connectivity index (χ1n) is 9.16. The van der Waals surface area contributed by atoms with E-state index in [2.05, 4.69) is 10.0 Å². The molecular weight excluding hydrogens is 403 g/mol. The maximum atomic E-state index is 14.2. The molecule has 3 rings (SSSR count). The number of rotatable bonds is 5. The van der Waals surface area contributed by atoms with Crippen molar-refractivity contribution >= 4 is 33.2 Å². The van der Waals surface area contributed by atoms with Gasteiger partial charge in [0.15, 0.2) is 0 Å². The van der Waals surface area contributed by atoms with Crippen LogP contribution in [0.5, 0.6) is 0 Å². The summed E-state index contributed by atoms with van der Waals surface area (Å²) in [6.07, 6.45) is 4.61. The first kappa shape index (κ1) is 20.8. The van der Waals surface area contributed by atoms with Crippen molar-refractivity contribution in [2.45, 2.75) is 50.0 Å². The Hall–Kier alpha value is -1.96. The highest BCUT2D eigenvalue weighted by atomic mass is 35.5. The number of amides is 1. The molecule has 0 atom stereocenters. The second-order valence-electron chi connectivity index (χ2n) is 6.96. The normalized spacial score (nSPS) is 15.4. The van der Waals surface area contributed by atoms with Crippen LogP contribution < -0.4 is 10.0 Å². The monoisotopic (exact) mass is 424 g/mol. The predicted octanol–water partition coefficient (Wildman–Crippen LogP) is 4.65. The fourth-order valence-corrected chi connectivity index (χ4v) is 4.79. The minimum Gasteiger partial charge on any atom is -0.322 e. The van der Waals surface area contributed by atoms with Crippen LogP contribution in [0.4, 0.5) is 10.1 Å². The summed E-state index contributed by atoms with van der Waals surface area (Å²) in [5.74, 6) is -1.54. The fourth-order valence-electron chi connectivity index (χ4n) is 3.29. The van der Waals surface area contributed by atoms with E-state index in [9.17, 15) is 17.6 Å². The first-order chi connectivity index (χ1) is 13.3. The van der Waals surface area contributed by atoms with E-state index < -0.39 is 21.7 Å². The predicted molar refractivity (Wildman–Crippen MR) is 108 cm³/mol. The number of halogens is 2. The van der Waals surface area contributed by atoms with Gasteiger partial charge < -0.3 is 5.32 Å². The molecule has 28 heavy (non-hydrogen) atoms. The standard InChI is InChI=1S/C20H22ClFN2O3S/c1-13-17(21)8-5-9-19(13)23-20(25)16-12-15(10-11-18(16)22)28(26,27)24-14-6-3-2-4-7-14/h5,8-12,14,24H,2-4,6-7H2,1H3,(H,23,25). The summed E-state index contributed by atoms with van der Waals surface area (Å²) in [5.41, 5.74) is 0.733. The maximum absolute atomic E-state index is 14.2. The Morgan fingerprint density at radius 1 is 1.14 bits per heavy atom. The minimum absolute atomic E-state index is 0.129. The van der Waals surface area contributed by atoms with Crippen molar-refractivity contribution in [3.05, 3.63) is 58.4 Å². The van der Waals surface area contributed by atoms with E-state index in [0.29, 0.717) is 16.3 Å². The number of benzene rings is 2. The summed E-state index contributed by atoms with van der Waals surface area (Å²) in [6, 6.07) is 8.08. The van der Waals surface area contributed by atoms with E-state index in [1.165, 1.54) is 6.07 Å². The summed E-state index contributed by atoms with van der Waals surface area (Å²) in [4.78, 5) is 12.4. The van der Waals surface area contributed by atoms with Crippen molar-refractivity contribution in [1.29, 1.82) is 0 Å². The van der Waals surface area contributed by atoms with Crippen molar-refractivity contribution in [3.63, 3.8) is 0 Å². The number of sulfonamides is 1. The van der Waals surface area contributed by atoms with Gasteiger partial charge in [0.2, 0.25) is 10.0 Å². The summed E-state index contributed by atoms with van der Waals surface area (Å²) in [7, 11) is -3.84. The molecule has 5 nitrogen and oxygen atoms in total. The lowest BCUT2D eigenvalue weighted by atomic mass is 9.96. The van der Waals surface area contributed by atoms with Crippen LogP contribution in [0.3, 0.4) is 0 Å². The molecule has 1 aliphatic carbocycles. The van der Waals surface area contributed by atoms with Gasteiger partial charge in [-0.3, -0.25) is 4.79 Å².